The van der Waals surface area contributed by atoms with Gasteiger partial charge in [-0.25, -0.2) is 9.97 Å². The molecule has 0 radical (unpaired) electrons. The minimum atomic E-state index is -0.194. The molecule has 2 N–H and O–H groups in total. The zero-order valence-corrected chi connectivity index (χ0v) is 15.7. The second kappa shape index (κ2) is 8.77. The summed E-state index contributed by atoms with van der Waals surface area (Å²) in [6.45, 7) is 3.91. The molecule has 142 valence electrons. The van der Waals surface area contributed by atoms with E-state index in [0.717, 1.165) is 11.4 Å². The van der Waals surface area contributed by atoms with Crippen LogP contribution in [0.15, 0.2) is 67.0 Å². The minimum Gasteiger partial charge on any atom is -0.340 e. The molecule has 2 amide bonds. The van der Waals surface area contributed by atoms with Crippen molar-refractivity contribution in [3.8, 4) is 0 Å². The van der Waals surface area contributed by atoms with E-state index < -0.39 is 0 Å². The summed E-state index contributed by atoms with van der Waals surface area (Å²) >= 11 is 0. The molecule has 2 aromatic carbocycles. The van der Waals surface area contributed by atoms with Crippen molar-refractivity contribution in [2.75, 3.05) is 22.1 Å². The van der Waals surface area contributed by atoms with Crippen molar-refractivity contribution < 1.29 is 9.59 Å². The van der Waals surface area contributed by atoms with Gasteiger partial charge in [-0.2, -0.15) is 0 Å². The summed E-state index contributed by atoms with van der Waals surface area (Å²) in [4.78, 5) is 34.0. The highest BCUT2D eigenvalue weighted by molar-refractivity contribution is 6.05. The molecule has 1 aromatic heterocycles. The maximum absolute atomic E-state index is 12.9. The Morgan fingerprint density at radius 2 is 1.64 bits per heavy atom. The van der Waals surface area contributed by atoms with E-state index in [1.165, 1.54) is 13.3 Å². The van der Waals surface area contributed by atoms with Gasteiger partial charge in [-0.15, -0.1) is 0 Å². The Morgan fingerprint density at radius 1 is 0.964 bits per heavy atom. The number of aromatic nitrogens is 2. The van der Waals surface area contributed by atoms with Crippen molar-refractivity contribution >= 4 is 34.7 Å². The van der Waals surface area contributed by atoms with Crippen LogP contribution >= 0.6 is 0 Å². The van der Waals surface area contributed by atoms with Gasteiger partial charge in [0.1, 0.15) is 17.8 Å². The summed E-state index contributed by atoms with van der Waals surface area (Å²) in [7, 11) is 0. The zero-order chi connectivity index (χ0) is 19.9. The molecule has 0 spiro atoms. The molecule has 0 saturated carbocycles. The monoisotopic (exact) mass is 375 g/mol. The molecule has 0 aliphatic carbocycles. The fraction of sp³-hybridized carbons (Fsp3) is 0.143. The Kier molecular flexibility index (Phi) is 5.96. The minimum absolute atomic E-state index is 0.126. The van der Waals surface area contributed by atoms with Crippen LogP contribution in [-0.2, 0) is 4.79 Å². The molecule has 0 atom stereocenters. The quantitative estimate of drug-likeness (QED) is 0.683. The van der Waals surface area contributed by atoms with Crippen LogP contribution < -0.4 is 15.5 Å². The molecule has 0 unspecified atom stereocenters. The maximum Gasteiger partial charge on any atom is 0.277 e. The highest BCUT2D eigenvalue weighted by Gasteiger charge is 2.18. The largest absolute Gasteiger partial charge is 0.340 e. The van der Waals surface area contributed by atoms with Crippen molar-refractivity contribution in [3.63, 3.8) is 0 Å². The molecule has 3 rings (SSSR count). The number of hydrogen-bond acceptors (Lipinski definition) is 5. The highest BCUT2D eigenvalue weighted by atomic mass is 16.2. The first kappa shape index (κ1) is 19.0. The number of amides is 2. The summed E-state index contributed by atoms with van der Waals surface area (Å²) in [5, 5.41) is 5.85. The van der Waals surface area contributed by atoms with Crippen LogP contribution in [0.5, 0.6) is 0 Å². The SMILES string of the molecule is CCN(C(=O)c1cc(Nc2ccc(NC(C)=O)cc2)ncn1)c1ccccc1. The van der Waals surface area contributed by atoms with Crippen molar-refractivity contribution in [1.29, 1.82) is 0 Å². The van der Waals surface area contributed by atoms with E-state index >= 15 is 0 Å². The average Bonchev–Trinajstić information content (AvgIpc) is 2.71. The molecule has 1 heterocycles. The molecule has 3 aromatic rings. The van der Waals surface area contributed by atoms with E-state index in [-0.39, 0.29) is 11.8 Å². The van der Waals surface area contributed by atoms with Gasteiger partial charge in [0.05, 0.1) is 0 Å². The van der Waals surface area contributed by atoms with Crippen molar-refractivity contribution in [2.24, 2.45) is 0 Å². The summed E-state index contributed by atoms with van der Waals surface area (Å²) in [6.07, 6.45) is 1.36. The van der Waals surface area contributed by atoms with Gasteiger partial charge in [0.15, 0.2) is 0 Å². The third-order valence-corrected chi connectivity index (χ3v) is 3.99. The Bertz CT molecular complexity index is 958. The third kappa shape index (κ3) is 4.70. The molecule has 7 heteroatoms. The molecular formula is C21H21N5O2. The summed E-state index contributed by atoms with van der Waals surface area (Å²) in [6, 6.07) is 18.3. The Hall–Kier alpha value is -3.74. The van der Waals surface area contributed by atoms with Crippen LogP contribution in [0.3, 0.4) is 0 Å². The second-order valence-corrected chi connectivity index (χ2v) is 6.06. The van der Waals surface area contributed by atoms with Gasteiger partial charge in [0.25, 0.3) is 5.91 Å². The first-order valence-electron chi connectivity index (χ1n) is 8.90. The number of carbonyl (C=O) groups is 2. The van der Waals surface area contributed by atoms with Crippen molar-refractivity contribution in [2.45, 2.75) is 13.8 Å². The Labute approximate surface area is 163 Å². The normalized spacial score (nSPS) is 10.2. The van der Waals surface area contributed by atoms with Gasteiger partial charge in [0, 0.05) is 36.6 Å². The van der Waals surface area contributed by atoms with Gasteiger partial charge < -0.3 is 15.5 Å². The number of carbonyl (C=O) groups excluding carboxylic acids is 2. The molecular weight excluding hydrogens is 354 g/mol. The lowest BCUT2D eigenvalue weighted by Gasteiger charge is -2.20. The number of benzene rings is 2. The molecule has 7 nitrogen and oxygen atoms in total. The van der Waals surface area contributed by atoms with E-state index in [0.29, 0.717) is 23.7 Å². The zero-order valence-electron chi connectivity index (χ0n) is 15.7. The summed E-state index contributed by atoms with van der Waals surface area (Å²) in [5.74, 6) is 0.188. The average molecular weight is 375 g/mol. The van der Waals surface area contributed by atoms with Gasteiger partial charge in [-0.3, -0.25) is 9.59 Å². The van der Waals surface area contributed by atoms with Crippen LogP contribution in [0.4, 0.5) is 22.9 Å². The Balaban J connectivity index is 1.76. The lowest BCUT2D eigenvalue weighted by atomic mass is 10.2. The van der Waals surface area contributed by atoms with Crippen LogP contribution in [0.1, 0.15) is 24.3 Å². The van der Waals surface area contributed by atoms with E-state index in [1.54, 1.807) is 23.1 Å². The number of rotatable bonds is 6. The lowest BCUT2D eigenvalue weighted by Crippen LogP contribution is -2.31. The van der Waals surface area contributed by atoms with Gasteiger partial charge in [-0.05, 0) is 43.3 Å². The molecule has 0 saturated heterocycles. The number of hydrogen-bond donors (Lipinski definition) is 2. The molecule has 0 aliphatic heterocycles. The number of nitrogens with one attached hydrogen (secondary N) is 2. The predicted octanol–water partition coefficient (Wildman–Crippen LogP) is 3.85. The number of nitrogens with zero attached hydrogens (tertiary/aromatic N) is 3. The van der Waals surface area contributed by atoms with Crippen LogP contribution in [0.25, 0.3) is 0 Å². The van der Waals surface area contributed by atoms with E-state index in [1.807, 2.05) is 49.4 Å². The number of para-hydroxylation sites is 1. The summed E-state index contributed by atoms with van der Waals surface area (Å²) < 4.78 is 0. The Morgan fingerprint density at radius 3 is 2.29 bits per heavy atom. The molecule has 0 aliphatic rings. The third-order valence-electron chi connectivity index (χ3n) is 3.99. The predicted molar refractivity (Wildman–Crippen MR) is 110 cm³/mol. The molecule has 0 bridgehead atoms. The van der Waals surface area contributed by atoms with Gasteiger partial charge >= 0.3 is 0 Å². The smallest absolute Gasteiger partial charge is 0.277 e. The van der Waals surface area contributed by atoms with Crippen molar-refractivity contribution in [1.82, 2.24) is 9.97 Å². The summed E-state index contributed by atoms with van der Waals surface area (Å²) in [5.41, 5.74) is 2.61. The number of anilines is 4. The first-order chi connectivity index (χ1) is 13.6. The van der Waals surface area contributed by atoms with Crippen molar-refractivity contribution in [3.05, 3.63) is 72.7 Å². The first-order valence-corrected chi connectivity index (χ1v) is 8.90. The topological polar surface area (TPSA) is 87.2 Å². The standard InChI is InChI=1S/C21H21N5O2/c1-3-26(18-7-5-4-6-8-18)21(28)19-13-20(23-14-22-19)25-17-11-9-16(10-12-17)24-15(2)27/h4-14H,3H2,1-2H3,(H,24,27)(H,22,23,25). The molecule has 0 fully saturated rings. The van der Waals surface area contributed by atoms with Gasteiger partial charge in [0.2, 0.25) is 5.91 Å². The van der Waals surface area contributed by atoms with E-state index in [9.17, 15) is 9.59 Å². The van der Waals surface area contributed by atoms with E-state index in [2.05, 4.69) is 20.6 Å². The van der Waals surface area contributed by atoms with Crippen LogP contribution in [0.2, 0.25) is 0 Å². The fourth-order valence-electron chi connectivity index (χ4n) is 2.72. The maximum atomic E-state index is 12.9. The van der Waals surface area contributed by atoms with E-state index in [4.69, 9.17) is 0 Å². The molecule has 28 heavy (non-hydrogen) atoms. The second-order valence-electron chi connectivity index (χ2n) is 6.06. The van der Waals surface area contributed by atoms with Crippen LogP contribution in [-0.4, -0.2) is 28.3 Å². The highest BCUT2D eigenvalue weighted by Crippen LogP contribution is 2.20. The fourth-order valence-corrected chi connectivity index (χ4v) is 2.72. The van der Waals surface area contributed by atoms with Crippen LogP contribution in [0, 0.1) is 0 Å². The van der Waals surface area contributed by atoms with Gasteiger partial charge in [-0.1, -0.05) is 18.2 Å². The lowest BCUT2D eigenvalue weighted by molar-refractivity contribution is -0.114.